The summed E-state index contributed by atoms with van der Waals surface area (Å²) < 4.78 is 0. The van der Waals surface area contributed by atoms with Crippen molar-refractivity contribution >= 4 is 28.1 Å². The van der Waals surface area contributed by atoms with Crippen LogP contribution < -0.4 is 0 Å². The normalized spacial score (nSPS) is 11.2. The fourth-order valence-electron chi connectivity index (χ4n) is 1.88. The predicted molar refractivity (Wildman–Crippen MR) is 75.0 cm³/mol. The average Bonchev–Trinajstić information content (AvgIpc) is 2.80. The fraction of sp³-hybridized carbons (Fsp3) is 0. The van der Waals surface area contributed by atoms with Crippen molar-refractivity contribution in [2.24, 2.45) is 10.2 Å². The Morgan fingerprint density at radius 3 is 2.81 bits per heavy atom. The van der Waals surface area contributed by atoms with Crippen molar-refractivity contribution < 1.29 is 10.0 Å². The highest BCUT2D eigenvalue weighted by atomic mass is 16.6. The number of pyridine rings is 1. The monoisotopic (exact) mass is 283 g/mol. The Bertz CT molecular complexity index is 842. The summed E-state index contributed by atoms with van der Waals surface area (Å²) in [5, 5.41) is 28.9. The molecule has 0 saturated heterocycles. The quantitative estimate of drug-likeness (QED) is 0.434. The summed E-state index contributed by atoms with van der Waals surface area (Å²) in [6, 6.07) is 9.33. The third-order valence-corrected chi connectivity index (χ3v) is 2.85. The summed E-state index contributed by atoms with van der Waals surface area (Å²) in [7, 11) is 0. The first-order valence-electron chi connectivity index (χ1n) is 5.97. The number of fused-ring (bicyclic) bond motifs is 1. The van der Waals surface area contributed by atoms with Crippen LogP contribution >= 0.6 is 0 Å². The second-order valence-electron chi connectivity index (χ2n) is 4.20. The van der Waals surface area contributed by atoms with E-state index in [-0.39, 0.29) is 17.3 Å². The van der Waals surface area contributed by atoms with E-state index in [9.17, 15) is 15.2 Å². The molecule has 3 aromatic rings. The lowest BCUT2D eigenvalue weighted by molar-refractivity contribution is -0.384. The number of aromatic amines is 1. The third-order valence-electron chi connectivity index (χ3n) is 2.85. The van der Waals surface area contributed by atoms with Gasteiger partial charge in [-0.15, -0.1) is 10.2 Å². The lowest BCUT2D eigenvalue weighted by atomic mass is 10.2. The lowest BCUT2D eigenvalue weighted by Crippen LogP contribution is -1.86. The van der Waals surface area contributed by atoms with Gasteiger partial charge in [0.15, 0.2) is 11.5 Å². The Morgan fingerprint density at radius 1 is 1.24 bits per heavy atom. The minimum atomic E-state index is -0.511. The zero-order valence-electron chi connectivity index (χ0n) is 10.6. The molecule has 8 heteroatoms. The standard InChI is InChI=1S/C13H9N5O3/c19-13-12(17-16-11-3-1-2-6-14-11)9-7-8(18(20)21)4-5-10(9)15-13/h1-7,15,19H. The zero-order valence-corrected chi connectivity index (χ0v) is 10.6. The van der Waals surface area contributed by atoms with Gasteiger partial charge in [0, 0.05) is 23.7 Å². The van der Waals surface area contributed by atoms with Gasteiger partial charge >= 0.3 is 0 Å². The minimum Gasteiger partial charge on any atom is -0.493 e. The molecule has 0 aliphatic heterocycles. The van der Waals surface area contributed by atoms with Gasteiger partial charge in [0.05, 0.1) is 10.4 Å². The molecule has 0 bridgehead atoms. The number of hydrogen-bond donors (Lipinski definition) is 2. The number of H-pyrrole nitrogens is 1. The number of non-ortho nitro benzene ring substituents is 1. The first-order chi connectivity index (χ1) is 10.1. The molecule has 0 unspecified atom stereocenters. The number of aromatic nitrogens is 2. The molecule has 21 heavy (non-hydrogen) atoms. The van der Waals surface area contributed by atoms with Crippen LogP contribution in [0.2, 0.25) is 0 Å². The van der Waals surface area contributed by atoms with E-state index in [1.807, 2.05) is 0 Å². The van der Waals surface area contributed by atoms with Crippen LogP contribution in [-0.2, 0) is 0 Å². The number of rotatable bonds is 3. The van der Waals surface area contributed by atoms with Gasteiger partial charge in [0.1, 0.15) is 0 Å². The Labute approximate surface area is 117 Å². The number of hydrogen-bond acceptors (Lipinski definition) is 6. The maximum atomic E-state index is 10.8. The van der Waals surface area contributed by atoms with Gasteiger partial charge in [-0.2, -0.15) is 0 Å². The molecule has 104 valence electrons. The summed E-state index contributed by atoms with van der Waals surface area (Å²) in [6.45, 7) is 0. The SMILES string of the molecule is O=[N+]([O-])c1ccc2[nH]c(O)c(N=Nc3ccccn3)c2c1. The van der Waals surface area contributed by atoms with Crippen LogP contribution in [0.3, 0.4) is 0 Å². The van der Waals surface area contributed by atoms with Crippen LogP contribution in [0.1, 0.15) is 0 Å². The van der Waals surface area contributed by atoms with E-state index in [0.717, 1.165) is 0 Å². The summed E-state index contributed by atoms with van der Waals surface area (Å²) >= 11 is 0. The molecule has 2 aromatic heterocycles. The second kappa shape index (κ2) is 5.00. The highest BCUT2D eigenvalue weighted by Crippen LogP contribution is 2.37. The van der Waals surface area contributed by atoms with Gasteiger partial charge in [-0.3, -0.25) is 10.1 Å². The van der Waals surface area contributed by atoms with Gasteiger partial charge in [-0.1, -0.05) is 6.07 Å². The highest BCUT2D eigenvalue weighted by Gasteiger charge is 2.14. The molecule has 8 nitrogen and oxygen atoms in total. The van der Waals surface area contributed by atoms with Crippen LogP contribution in [0.15, 0.2) is 52.8 Å². The summed E-state index contributed by atoms with van der Waals surface area (Å²) in [5.41, 5.74) is 0.586. The second-order valence-corrected chi connectivity index (χ2v) is 4.20. The van der Waals surface area contributed by atoms with Gasteiger partial charge in [-0.25, -0.2) is 4.98 Å². The first-order valence-corrected chi connectivity index (χ1v) is 5.97. The molecular weight excluding hydrogens is 274 g/mol. The van der Waals surface area contributed by atoms with Crippen LogP contribution in [0.25, 0.3) is 10.9 Å². The number of aromatic hydroxyl groups is 1. The fourth-order valence-corrected chi connectivity index (χ4v) is 1.88. The summed E-state index contributed by atoms with van der Waals surface area (Å²) in [5.74, 6) is 0.168. The Balaban J connectivity index is 2.09. The molecule has 0 spiro atoms. The van der Waals surface area contributed by atoms with E-state index in [1.54, 1.807) is 24.4 Å². The molecule has 0 atom stereocenters. The molecule has 2 heterocycles. The molecule has 0 saturated carbocycles. The number of benzene rings is 1. The molecule has 2 N–H and O–H groups in total. The van der Waals surface area contributed by atoms with Gasteiger partial charge in [0.25, 0.3) is 5.69 Å². The van der Waals surface area contributed by atoms with Crippen molar-refractivity contribution in [1.29, 1.82) is 0 Å². The molecule has 3 rings (SSSR count). The van der Waals surface area contributed by atoms with Gasteiger partial charge in [0.2, 0.25) is 5.88 Å². The molecule has 0 radical (unpaired) electrons. The molecule has 0 fully saturated rings. The van der Waals surface area contributed by atoms with E-state index in [4.69, 9.17) is 0 Å². The molecular formula is C13H9N5O3. The highest BCUT2D eigenvalue weighted by molar-refractivity contribution is 5.95. The largest absolute Gasteiger partial charge is 0.493 e. The Morgan fingerprint density at radius 2 is 2.10 bits per heavy atom. The molecule has 0 amide bonds. The molecule has 1 aromatic carbocycles. The van der Waals surface area contributed by atoms with Crippen molar-refractivity contribution in [3.63, 3.8) is 0 Å². The van der Waals surface area contributed by atoms with Gasteiger partial charge < -0.3 is 10.1 Å². The van der Waals surface area contributed by atoms with E-state index in [2.05, 4.69) is 20.2 Å². The Kier molecular flexibility index (Phi) is 3.03. The topological polar surface area (TPSA) is 117 Å². The van der Waals surface area contributed by atoms with Crippen molar-refractivity contribution in [3.8, 4) is 5.88 Å². The van der Waals surface area contributed by atoms with Crippen LogP contribution in [-0.4, -0.2) is 20.0 Å². The average molecular weight is 283 g/mol. The smallest absolute Gasteiger partial charge is 0.270 e. The van der Waals surface area contributed by atoms with Crippen LogP contribution in [0.4, 0.5) is 17.2 Å². The minimum absolute atomic E-state index is 0.0872. The predicted octanol–water partition coefficient (Wildman–Crippen LogP) is 3.59. The number of nitro benzene ring substituents is 1. The maximum absolute atomic E-state index is 10.8. The molecule has 0 aliphatic rings. The first kappa shape index (κ1) is 12.7. The van der Waals surface area contributed by atoms with Crippen molar-refractivity contribution in [2.75, 3.05) is 0 Å². The summed E-state index contributed by atoms with van der Waals surface area (Å²) in [4.78, 5) is 17.0. The van der Waals surface area contributed by atoms with E-state index in [0.29, 0.717) is 16.7 Å². The third kappa shape index (κ3) is 2.41. The maximum Gasteiger partial charge on any atom is 0.270 e. The molecule has 0 aliphatic carbocycles. The zero-order chi connectivity index (χ0) is 14.8. The van der Waals surface area contributed by atoms with E-state index in [1.165, 1.54) is 18.2 Å². The number of nitrogens with one attached hydrogen (secondary N) is 1. The van der Waals surface area contributed by atoms with Crippen molar-refractivity contribution in [1.82, 2.24) is 9.97 Å². The number of nitrogens with zero attached hydrogens (tertiary/aromatic N) is 4. The lowest BCUT2D eigenvalue weighted by Gasteiger charge is -1.93. The Hall–Kier alpha value is -3.29. The number of nitro groups is 1. The van der Waals surface area contributed by atoms with E-state index < -0.39 is 4.92 Å². The van der Waals surface area contributed by atoms with Crippen molar-refractivity contribution in [2.45, 2.75) is 0 Å². The van der Waals surface area contributed by atoms with E-state index >= 15 is 0 Å². The van der Waals surface area contributed by atoms with Gasteiger partial charge in [-0.05, 0) is 18.2 Å². The van der Waals surface area contributed by atoms with Crippen molar-refractivity contribution in [3.05, 3.63) is 52.7 Å². The summed E-state index contributed by atoms with van der Waals surface area (Å²) in [6.07, 6.45) is 1.56. The van der Waals surface area contributed by atoms with Crippen LogP contribution in [0.5, 0.6) is 5.88 Å². The number of azo groups is 1. The van der Waals surface area contributed by atoms with Crippen LogP contribution in [0, 0.1) is 10.1 Å².